The summed E-state index contributed by atoms with van der Waals surface area (Å²) in [6, 6.07) is 11.4. The molecule has 0 aromatic heterocycles. The van der Waals surface area contributed by atoms with Crippen LogP contribution in [-0.4, -0.2) is 42.1 Å². The van der Waals surface area contributed by atoms with Crippen LogP contribution in [0.25, 0.3) is 6.08 Å². The molecule has 0 saturated carbocycles. The maximum absolute atomic E-state index is 12.7. The van der Waals surface area contributed by atoms with Crippen LogP contribution in [0, 0.1) is 0 Å². The summed E-state index contributed by atoms with van der Waals surface area (Å²) < 4.78 is 10.8. The van der Waals surface area contributed by atoms with Gasteiger partial charge < -0.3 is 9.47 Å². The fourth-order valence-corrected chi connectivity index (χ4v) is 3.66. The maximum atomic E-state index is 12.7. The molecule has 0 bridgehead atoms. The summed E-state index contributed by atoms with van der Waals surface area (Å²) in [5.74, 6) is 0.165. The van der Waals surface area contributed by atoms with Gasteiger partial charge in [0.05, 0.1) is 18.6 Å². The molecule has 154 valence electrons. The molecular formula is C22H18ClNO5S. The highest BCUT2D eigenvalue weighted by atomic mass is 35.5. The first-order valence-electron chi connectivity index (χ1n) is 8.89. The molecule has 0 atom stereocenters. The van der Waals surface area contributed by atoms with Crippen LogP contribution >= 0.6 is 23.4 Å². The molecule has 8 heteroatoms. The Balaban J connectivity index is 1.76. The number of methoxy groups -OCH3 is 1. The van der Waals surface area contributed by atoms with Crippen molar-refractivity contribution >= 4 is 46.4 Å². The third-order valence-electron chi connectivity index (χ3n) is 4.18. The van der Waals surface area contributed by atoms with Crippen LogP contribution in [-0.2, 0) is 4.79 Å². The zero-order valence-corrected chi connectivity index (χ0v) is 17.7. The second kappa shape index (κ2) is 9.65. The Morgan fingerprint density at radius 3 is 2.57 bits per heavy atom. The number of nitrogens with zero attached hydrogens (tertiary/aromatic N) is 1. The topological polar surface area (TPSA) is 72.9 Å². The molecule has 0 unspecified atom stereocenters. The highest BCUT2D eigenvalue weighted by Gasteiger charge is 2.36. The number of Topliss-reactive ketones (excluding diaryl/α,β-unsaturated/α-hetero) is 1. The first kappa shape index (κ1) is 21.7. The number of ketones is 1. The molecule has 0 spiro atoms. The monoisotopic (exact) mass is 443 g/mol. The van der Waals surface area contributed by atoms with Gasteiger partial charge in [0, 0.05) is 10.6 Å². The first-order valence-corrected chi connectivity index (χ1v) is 10.1. The van der Waals surface area contributed by atoms with Gasteiger partial charge in [-0.3, -0.25) is 19.3 Å². The molecular weight excluding hydrogens is 426 g/mol. The summed E-state index contributed by atoms with van der Waals surface area (Å²) in [6.45, 7) is 3.60. The zero-order chi connectivity index (χ0) is 21.7. The van der Waals surface area contributed by atoms with Crippen LogP contribution in [0.1, 0.15) is 15.9 Å². The van der Waals surface area contributed by atoms with E-state index in [1.165, 1.54) is 7.11 Å². The Morgan fingerprint density at radius 2 is 1.90 bits per heavy atom. The minimum Gasteiger partial charge on any atom is -0.493 e. The molecule has 1 saturated heterocycles. The molecule has 2 aromatic carbocycles. The van der Waals surface area contributed by atoms with Gasteiger partial charge in [-0.15, -0.1) is 0 Å². The number of rotatable bonds is 8. The van der Waals surface area contributed by atoms with Crippen LogP contribution in [0.15, 0.2) is 60.0 Å². The third-order valence-corrected chi connectivity index (χ3v) is 5.34. The van der Waals surface area contributed by atoms with Crippen molar-refractivity contribution < 1.29 is 23.9 Å². The normalized spacial score (nSPS) is 14.9. The first-order chi connectivity index (χ1) is 14.4. The molecule has 0 N–H and O–H groups in total. The number of carbonyl (C=O) groups is 3. The summed E-state index contributed by atoms with van der Waals surface area (Å²) in [5, 5.41) is 0.00320. The summed E-state index contributed by atoms with van der Waals surface area (Å²) in [5.41, 5.74) is 1.04. The van der Waals surface area contributed by atoms with Gasteiger partial charge in [-0.2, -0.15) is 0 Å². The Morgan fingerprint density at radius 1 is 1.17 bits per heavy atom. The van der Waals surface area contributed by atoms with Gasteiger partial charge in [-0.25, -0.2) is 0 Å². The van der Waals surface area contributed by atoms with Crippen molar-refractivity contribution in [2.75, 3.05) is 20.3 Å². The number of ether oxygens (including phenoxy) is 2. The summed E-state index contributed by atoms with van der Waals surface area (Å²) in [4.78, 5) is 38.6. The quantitative estimate of drug-likeness (QED) is 0.330. The lowest BCUT2D eigenvalue weighted by Gasteiger charge is -2.11. The third kappa shape index (κ3) is 4.93. The Bertz CT molecular complexity index is 1030. The van der Waals surface area contributed by atoms with Gasteiger partial charge in [0.1, 0.15) is 6.61 Å². The SMILES string of the molecule is C=CCOc1ccc(/C=C2/SC(=O)N(CC(=O)c3ccc(Cl)cc3)C2=O)cc1OC. The van der Waals surface area contributed by atoms with Gasteiger partial charge in [-0.1, -0.05) is 30.3 Å². The molecule has 1 fully saturated rings. The number of halogens is 1. The average molecular weight is 444 g/mol. The largest absolute Gasteiger partial charge is 0.493 e. The van der Waals surface area contributed by atoms with E-state index >= 15 is 0 Å². The number of benzene rings is 2. The van der Waals surface area contributed by atoms with E-state index in [-0.39, 0.29) is 17.2 Å². The summed E-state index contributed by atoms with van der Waals surface area (Å²) in [6.07, 6.45) is 3.20. The number of amides is 2. The highest BCUT2D eigenvalue weighted by Crippen LogP contribution is 2.34. The number of hydrogen-bond donors (Lipinski definition) is 0. The van der Waals surface area contributed by atoms with Crippen molar-refractivity contribution in [3.05, 3.63) is 76.2 Å². The van der Waals surface area contributed by atoms with Crippen LogP contribution in [0.5, 0.6) is 11.5 Å². The van der Waals surface area contributed by atoms with Gasteiger partial charge in [0.15, 0.2) is 17.3 Å². The number of imide groups is 1. The van der Waals surface area contributed by atoms with E-state index in [9.17, 15) is 14.4 Å². The second-order valence-electron chi connectivity index (χ2n) is 6.21. The molecule has 1 aliphatic rings. The van der Waals surface area contributed by atoms with E-state index in [2.05, 4.69) is 6.58 Å². The van der Waals surface area contributed by atoms with Gasteiger partial charge in [0.2, 0.25) is 0 Å². The van der Waals surface area contributed by atoms with Gasteiger partial charge >= 0.3 is 0 Å². The summed E-state index contributed by atoms with van der Waals surface area (Å²) in [7, 11) is 1.51. The fraction of sp³-hybridized carbons (Fsp3) is 0.136. The Labute approximate surface area is 183 Å². The maximum Gasteiger partial charge on any atom is 0.293 e. The molecule has 1 heterocycles. The van der Waals surface area contributed by atoms with Crippen molar-refractivity contribution in [3.63, 3.8) is 0 Å². The standard InChI is InChI=1S/C22H18ClNO5S/c1-3-10-29-18-9-4-14(11-19(18)28-2)12-20-21(26)24(22(27)30-20)13-17(25)15-5-7-16(23)8-6-15/h3-9,11-12H,1,10,13H2,2H3/b20-12+. The lowest BCUT2D eigenvalue weighted by molar-refractivity contribution is -0.122. The zero-order valence-electron chi connectivity index (χ0n) is 16.1. The molecule has 30 heavy (non-hydrogen) atoms. The van der Waals surface area contributed by atoms with E-state index in [1.807, 2.05) is 0 Å². The lowest BCUT2D eigenvalue weighted by atomic mass is 10.1. The molecule has 3 rings (SSSR count). The number of thioether (sulfide) groups is 1. The Kier molecular flexibility index (Phi) is 6.97. The van der Waals surface area contributed by atoms with E-state index in [0.717, 1.165) is 16.7 Å². The van der Waals surface area contributed by atoms with E-state index in [0.29, 0.717) is 34.3 Å². The fourth-order valence-electron chi connectivity index (χ4n) is 2.70. The average Bonchev–Trinajstić information content (AvgIpc) is 3.00. The van der Waals surface area contributed by atoms with E-state index < -0.39 is 11.1 Å². The summed E-state index contributed by atoms with van der Waals surface area (Å²) >= 11 is 6.61. The van der Waals surface area contributed by atoms with Crippen molar-refractivity contribution in [2.45, 2.75) is 0 Å². The predicted octanol–water partition coefficient (Wildman–Crippen LogP) is 4.83. The van der Waals surface area contributed by atoms with Crippen molar-refractivity contribution in [1.29, 1.82) is 0 Å². The van der Waals surface area contributed by atoms with Gasteiger partial charge in [0.25, 0.3) is 11.1 Å². The molecule has 2 aromatic rings. The predicted molar refractivity (Wildman–Crippen MR) is 117 cm³/mol. The van der Waals surface area contributed by atoms with Crippen LogP contribution in [0.2, 0.25) is 5.02 Å². The highest BCUT2D eigenvalue weighted by molar-refractivity contribution is 8.18. The van der Waals surface area contributed by atoms with Crippen molar-refractivity contribution in [3.8, 4) is 11.5 Å². The Hall–Kier alpha value is -3.03. The van der Waals surface area contributed by atoms with Crippen LogP contribution in [0.4, 0.5) is 4.79 Å². The van der Waals surface area contributed by atoms with Crippen molar-refractivity contribution in [1.82, 2.24) is 4.90 Å². The molecule has 0 radical (unpaired) electrons. The lowest BCUT2D eigenvalue weighted by Crippen LogP contribution is -2.33. The van der Waals surface area contributed by atoms with Crippen LogP contribution in [0.3, 0.4) is 0 Å². The van der Waals surface area contributed by atoms with Crippen molar-refractivity contribution in [2.24, 2.45) is 0 Å². The molecule has 2 amide bonds. The number of hydrogen-bond acceptors (Lipinski definition) is 6. The minimum atomic E-state index is -0.515. The molecule has 1 aliphatic heterocycles. The molecule has 6 nitrogen and oxygen atoms in total. The smallest absolute Gasteiger partial charge is 0.293 e. The van der Waals surface area contributed by atoms with E-state index in [1.54, 1.807) is 54.6 Å². The van der Waals surface area contributed by atoms with Crippen LogP contribution < -0.4 is 9.47 Å². The molecule has 0 aliphatic carbocycles. The number of carbonyl (C=O) groups excluding carboxylic acids is 3. The minimum absolute atomic E-state index is 0.228. The van der Waals surface area contributed by atoms with Gasteiger partial charge in [-0.05, 0) is 59.8 Å². The second-order valence-corrected chi connectivity index (χ2v) is 7.64. The van der Waals surface area contributed by atoms with E-state index in [4.69, 9.17) is 21.1 Å².